The highest BCUT2D eigenvalue weighted by Crippen LogP contribution is 2.24. The largest absolute Gasteiger partial charge is 0.423 e. The van der Waals surface area contributed by atoms with Crippen molar-refractivity contribution < 1.29 is 9.21 Å². The van der Waals surface area contributed by atoms with Crippen molar-refractivity contribution in [3.05, 3.63) is 30.2 Å². The fourth-order valence-corrected chi connectivity index (χ4v) is 2.28. The lowest BCUT2D eigenvalue weighted by atomic mass is 10.1. The summed E-state index contributed by atoms with van der Waals surface area (Å²) in [6.07, 6.45) is 3.91. The van der Waals surface area contributed by atoms with E-state index in [9.17, 15) is 4.79 Å². The Morgan fingerprint density at radius 1 is 1.52 bits per heavy atom. The molecule has 0 spiro atoms. The van der Waals surface area contributed by atoms with E-state index in [4.69, 9.17) is 10.2 Å². The maximum Gasteiger partial charge on any atom is 0.247 e. The van der Waals surface area contributed by atoms with E-state index in [1.165, 1.54) is 6.39 Å². The minimum atomic E-state index is -0.510. The van der Waals surface area contributed by atoms with Gasteiger partial charge in [-0.05, 0) is 43.0 Å². The molecule has 0 aliphatic heterocycles. The van der Waals surface area contributed by atoms with Crippen molar-refractivity contribution >= 4 is 23.4 Å². The van der Waals surface area contributed by atoms with Crippen LogP contribution in [0.2, 0.25) is 0 Å². The first-order chi connectivity index (χ1) is 10.1. The third kappa shape index (κ3) is 4.05. The van der Waals surface area contributed by atoms with Gasteiger partial charge in [0.25, 0.3) is 0 Å². The number of carbonyl (C=O) groups is 1. The molecule has 1 aromatic heterocycles. The van der Waals surface area contributed by atoms with E-state index < -0.39 is 6.04 Å². The molecule has 3 N–H and O–H groups in total. The van der Waals surface area contributed by atoms with Gasteiger partial charge in [0.05, 0.1) is 6.04 Å². The number of nitrogens with two attached hydrogens (primary N) is 1. The fourth-order valence-electron chi connectivity index (χ4n) is 1.79. The van der Waals surface area contributed by atoms with Gasteiger partial charge in [-0.25, -0.2) is 0 Å². The van der Waals surface area contributed by atoms with E-state index >= 15 is 0 Å². The zero-order valence-corrected chi connectivity index (χ0v) is 12.8. The maximum absolute atomic E-state index is 12.1. The molecular weight excluding hydrogens is 288 g/mol. The van der Waals surface area contributed by atoms with Crippen molar-refractivity contribution in [1.82, 2.24) is 10.2 Å². The van der Waals surface area contributed by atoms with Gasteiger partial charge in [0, 0.05) is 11.3 Å². The molecule has 1 heterocycles. The summed E-state index contributed by atoms with van der Waals surface area (Å²) in [5, 5.41) is 10.4. The minimum Gasteiger partial charge on any atom is -0.423 e. The molecule has 112 valence electrons. The van der Waals surface area contributed by atoms with Crippen LogP contribution in [0, 0.1) is 6.92 Å². The number of benzene rings is 1. The number of aryl methyl sites for hydroxylation is 1. The van der Waals surface area contributed by atoms with Gasteiger partial charge < -0.3 is 15.5 Å². The van der Waals surface area contributed by atoms with Crippen molar-refractivity contribution in [3.63, 3.8) is 0 Å². The number of nitrogens with zero attached hydrogens (tertiary/aromatic N) is 2. The van der Waals surface area contributed by atoms with Crippen LogP contribution in [0.25, 0.3) is 11.5 Å². The van der Waals surface area contributed by atoms with Crippen LogP contribution >= 0.6 is 11.8 Å². The first kappa shape index (κ1) is 15.5. The van der Waals surface area contributed by atoms with Crippen molar-refractivity contribution in [2.45, 2.75) is 19.4 Å². The predicted octanol–water partition coefficient (Wildman–Crippen LogP) is 2.06. The summed E-state index contributed by atoms with van der Waals surface area (Å²) in [5.41, 5.74) is 8.28. The molecule has 1 aromatic carbocycles. The van der Waals surface area contributed by atoms with E-state index in [-0.39, 0.29) is 5.91 Å². The SMILES string of the molecule is CSCC[C@@H](N)C(=O)Nc1cc(-c2nnco2)ccc1C. The molecule has 0 radical (unpaired) electrons. The minimum absolute atomic E-state index is 0.185. The van der Waals surface area contributed by atoms with Gasteiger partial charge in [-0.3, -0.25) is 4.79 Å². The molecule has 0 aliphatic rings. The Morgan fingerprint density at radius 3 is 3.00 bits per heavy atom. The number of thioether (sulfide) groups is 1. The fraction of sp³-hybridized carbons (Fsp3) is 0.357. The van der Waals surface area contributed by atoms with Crippen molar-refractivity contribution in [3.8, 4) is 11.5 Å². The average molecular weight is 306 g/mol. The molecule has 2 rings (SSSR count). The summed E-state index contributed by atoms with van der Waals surface area (Å²) in [5.74, 6) is 1.09. The first-order valence-electron chi connectivity index (χ1n) is 6.54. The molecule has 7 heteroatoms. The average Bonchev–Trinajstić information content (AvgIpc) is 3.01. The molecule has 1 amide bonds. The van der Waals surface area contributed by atoms with Gasteiger partial charge in [-0.1, -0.05) is 6.07 Å². The Hall–Kier alpha value is -1.86. The van der Waals surface area contributed by atoms with E-state index in [0.717, 1.165) is 16.9 Å². The summed E-state index contributed by atoms with van der Waals surface area (Å²) in [6, 6.07) is 5.06. The predicted molar refractivity (Wildman–Crippen MR) is 84.1 cm³/mol. The smallest absolute Gasteiger partial charge is 0.247 e. The monoisotopic (exact) mass is 306 g/mol. The summed E-state index contributed by atoms with van der Waals surface area (Å²) in [6.45, 7) is 1.92. The highest BCUT2D eigenvalue weighted by molar-refractivity contribution is 7.98. The zero-order valence-electron chi connectivity index (χ0n) is 12.0. The number of nitrogens with one attached hydrogen (secondary N) is 1. The molecular formula is C14H18N4O2S. The maximum atomic E-state index is 12.1. The Morgan fingerprint density at radius 2 is 2.33 bits per heavy atom. The standard InChI is InChI=1S/C14H18N4O2S/c1-9-3-4-10(14-18-16-8-20-14)7-12(9)17-13(19)11(15)5-6-21-2/h3-4,7-8,11H,5-6,15H2,1-2H3,(H,17,19)/t11-/m1/s1. The Labute approximate surface area is 127 Å². The van der Waals surface area contributed by atoms with E-state index in [2.05, 4.69) is 15.5 Å². The number of hydrogen-bond acceptors (Lipinski definition) is 6. The molecule has 0 saturated carbocycles. The van der Waals surface area contributed by atoms with Gasteiger partial charge in [0.15, 0.2) is 0 Å². The third-order valence-corrected chi connectivity index (χ3v) is 3.72. The van der Waals surface area contributed by atoms with Gasteiger partial charge in [0.1, 0.15) is 0 Å². The highest BCUT2D eigenvalue weighted by atomic mass is 32.2. The number of hydrogen-bond donors (Lipinski definition) is 2. The van der Waals surface area contributed by atoms with E-state index in [1.54, 1.807) is 11.8 Å². The molecule has 0 unspecified atom stereocenters. The van der Waals surface area contributed by atoms with Crippen LogP contribution in [-0.4, -0.2) is 34.2 Å². The second-order valence-electron chi connectivity index (χ2n) is 4.65. The molecule has 0 bridgehead atoms. The van der Waals surface area contributed by atoms with Crippen LogP contribution < -0.4 is 11.1 Å². The third-order valence-electron chi connectivity index (χ3n) is 3.07. The van der Waals surface area contributed by atoms with Crippen molar-refractivity contribution in [1.29, 1.82) is 0 Å². The van der Waals surface area contributed by atoms with Crippen molar-refractivity contribution in [2.24, 2.45) is 5.73 Å². The van der Waals surface area contributed by atoms with Crippen LogP contribution in [0.1, 0.15) is 12.0 Å². The lowest BCUT2D eigenvalue weighted by molar-refractivity contribution is -0.117. The number of carbonyl (C=O) groups excluding carboxylic acids is 1. The van der Waals surface area contributed by atoms with E-state index in [1.807, 2.05) is 31.4 Å². The molecule has 6 nitrogen and oxygen atoms in total. The number of aromatic nitrogens is 2. The van der Waals surface area contributed by atoms with Crippen molar-refractivity contribution in [2.75, 3.05) is 17.3 Å². The lowest BCUT2D eigenvalue weighted by Gasteiger charge is -2.13. The Kier molecular flexibility index (Phi) is 5.35. The molecule has 0 aliphatic carbocycles. The summed E-state index contributed by atoms with van der Waals surface area (Å²) in [7, 11) is 0. The van der Waals surface area contributed by atoms with Gasteiger partial charge in [0.2, 0.25) is 18.2 Å². The number of amides is 1. The van der Waals surface area contributed by atoms with Crippen LogP contribution in [0.3, 0.4) is 0 Å². The van der Waals surface area contributed by atoms with Crippen LogP contribution in [0.5, 0.6) is 0 Å². The quantitative estimate of drug-likeness (QED) is 0.848. The van der Waals surface area contributed by atoms with Crippen LogP contribution in [-0.2, 0) is 4.79 Å². The first-order valence-corrected chi connectivity index (χ1v) is 7.93. The van der Waals surface area contributed by atoms with Crippen LogP contribution in [0.4, 0.5) is 5.69 Å². The lowest BCUT2D eigenvalue weighted by Crippen LogP contribution is -2.36. The molecule has 0 fully saturated rings. The topological polar surface area (TPSA) is 94.0 Å². The summed E-state index contributed by atoms with van der Waals surface area (Å²) < 4.78 is 5.16. The number of anilines is 1. The van der Waals surface area contributed by atoms with Crippen LogP contribution in [0.15, 0.2) is 29.0 Å². The second-order valence-corrected chi connectivity index (χ2v) is 5.64. The van der Waals surface area contributed by atoms with Gasteiger partial charge in [-0.15, -0.1) is 10.2 Å². The molecule has 2 aromatic rings. The van der Waals surface area contributed by atoms with E-state index in [0.29, 0.717) is 18.0 Å². The molecule has 21 heavy (non-hydrogen) atoms. The number of rotatable bonds is 6. The summed E-state index contributed by atoms with van der Waals surface area (Å²) >= 11 is 1.67. The Balaban J connectivity index is 2.12. The van der Waals surface area contributed by atoms with Gasteiger partial charge in [-0.2, -0.15) is 11.8 Å². The normalized spacial score (nSPS) is 12.1. The molecule has 0 saturated heterocycles. The summed E-state index contributed by atoms with van der Waals surface area (Å²) in [4.78, 5) is 12.1. The highest BCUT2D eigenvalue weighted by Gasteiger charge is 2.15. The Bertz CT molecular complexity index is 601. The van der Waals surface area contributed by atoms with Gasteiger partial charge >= 0.3 is 0 Å². The second kappa shape index (κ2) is 7.24. The molecule has 1 atom stereocenters. The zero-order chi connectivity index (χ0) is 15.2.